The van der Waals surface area contributed by atoms with Gasteiger partial charge in [-0.2, -0.15) is 0 Å². The zero-order valence-corrected chi connectivity index (χ0v) is 22.9. The summed E-state index contributed by atoms with van der Waals surface area (Å²) in [6, 6.07) is -2.85. The fourth-order valence-corrected chi connectivity index (χ4v) is 5.65. The molecule has 1 aliphatic carbocycles. The second-order valence-electron chi connectivity index (χ2n) is 10.9. The molecule has 17 nitrogen and oxygen atoms in total. The number of hydrogen-bond donors (Lipinski definition) is 11. The minimum atomic E-state index is -1.51. The van der Waals surface area contributed by atoms with Crippen molar-refractivity contribution in [3.63, 3.8) is 0 Å². The molecule has 238 valence electrons. The van der Waals surface area contributed by atoms with Gasteiger partial charge in [0.25, 0.3) is 0 Å². The lowest BCUT2D eigenvalue weighted by Gasteiger charge is -2.46. The zero-order chi connectivity index (χ0) is 30.0. The van der Waals surface area contributed by atoms with Gasteiger partial charge in [0.05, 0.1) is 31.3 Å². The molecule has 3 fully saturated rings. The SMILES string of the molecule is CNC1C[C@H](N)[C@@H](O[C@H]2OC(CN)=CC[C@H]2N)[C@H](O[C@@H]2O[C@H](CO)[C@@H](O[C@H]3O[C@@H](CN)[C@H](O)[C@H](O)[C@H]3N)[C@H]2O)[C@H]1O. The van der Waals surface area contributed by atoms with Crippen molar-refractivity contribution in [2.75, 3.05) is 26.7 Å². The van der Waals surface area contributed by atoms with Crippen molar-refractivity contribution < 1.29 is 54.0 Å². The maximum Gasteiger partial charge on any atom is 0.215 e. The van der Waals surface area contributed by atoms with Gasteiger partial charge in [-0.15, -0.1) is 0 Å². The fourth-order valence-electron chi connectivity index (χ4n) is 5.65. The van der Waals surface area contributed by atoms with Crippen molar-refractivity contribution in [2.24, 2.45) is 28.7 Å². The Bertz CT molecular complexity index is 876. The van der Waals surface area contributed by atoms with Crippen LogP contribution in [0.2, 0.25) is 0 Å². The van der Waals surface area contributed by atoms with Gasteiger partial charge in [0.1, 0.15) is 54.6 Å². The van der Waals surface area contributed by atoms with Gasteiger partial charge in [-0.3, -0.25) is 0 Å². The Morgan fingerprint density at radius 2 is 1.49 bits per heavy atom. The van der Waals surface area contributed by atoms with Gasteiger partial charge >= 0.3 is 0 Å². The van der Waals surface area contributed by atoms with E-state index in [1.807, 2.05) is 0 Å². The lowest BCUT2D eigenvalue weighted by Crippen LogP contribution is -2.65. The Labute approximate surface area is 237 Å². The maximum atomic E-state index is 11.2. The van der Waals surface area contributed by atoms with E-state index in [0.717, 1.165) is 0 Å². The van der Waals surface area contributed by atoms with Crippen molar-refractivity contribution in [1.82, 2.24) is 5.32 Å². The maximum absolute atomic E-state index is 11.2. The second kappa shape index (κ2) is 14.1. The van der Waals surface area contributed by atoms with Gasteiger partial charge in [0, 0.05) is 18.6 Å². The minimum absolute atomic E-state index is 0.130. The summed E-state index contributed by atoms with van der Waals surface area (Å²) in [6.45, 7) is -0.565. The van der Waals surface area contributed by atoms with E-state index in [4.69, 9.17) is 57.1 Å². The second-order valence-corrected chi connectivity index (χ2v) is 10.9. The van der Waals surface area contributed by atoms with Gasteiger partial charge < -0.3 is 87.9 Å². The summed E-state index contributed by atoms with van der Waals surface area (Å²) >= 11 is 0. The van der Waals surface area contributed by atoms with Gasteiger partial charge in [-0.05, 0) is 26.0 Å². The quantitative estimate of drug-likeness (QED) is 0.112. The van der Waals surface area contributed by atoms with Crippen molar-refractivity contribution in [2.45, 2.75) is 111 Å². The smallest absolute Gasteiger partial charge is 0.215 e. The van der Waals surface area contributed by atoms with E-state index in [1.54, 1.807) is 13.1 Å². The van der Waals surface area contributed by atoms with Crippen LogP contribution in [-0.2, 0) is 28.4 Å². The van der Waals surface area contributed by atoms with Crippen LogP contribution < -0.4 is 34.0 Å². The van der Waals surface area contributed by atoms with Crippen LogP contribution in [0.15, 0.2) is 11.8 Å². The molecule has 16 N–H and O–H groups in total. The van der Waals surface area contributed by atoms with Crippen LogP contribution in [0.5, 0.6) is 0 Å². The van der Waals surface area contributed by atoms with Gasteiger partial charge in [0.2, 0.25) is 6.29 Å². The highest BCUT2D eigenvalue weighted by Crippen LogP contribution is 2.34. The number of aliphatic hydroxyl groups is 5. The van der Waals surface area contributed by atoms with Crippen molar-refractivity contribution in [3.8, 4) is 0 Å². The molecule has 17 heteroatoms. The first-order valence-electron chi connectivity index (χ1n) is 13.8. The van der Waals surface area contributed by atoms with E-state index >= 15 is 0 Å². The summed E-state index contributed by atoms with van der Waals surface area (Å²) in [7, 11) is 1.66. The fraction of sp³-hybridized carbons (Fsp3) is 0.917. The predicted octanol–water partition coefficient (Wildman–Crippen LogP) is -6.45. The molecular weight excluding hydrogens is 548 g/mol. The number of hydrogen-bond acceptors (Lipinski definition) is 17. The third-order valence-electron chi connectivity index (χ3n) is 8.15. The number of aliphatic hydroxyl groups excluding tert-OH is 5. The van der Waals surface area contributed by atoms with E-state index in [9.17, 15) is 25.5 Å². The molecule has 0 aromatic carbocycles. The zero-order valence-electron chi connectivity index (χ0n) is 22.9. The molecule has 2 saturated heterocycles. The van der Waals surface area contributed by atoms with Crippen molar-refractivity contribution >= 4 is 0 Å². The standard InChI is InChI=1S/C24H46N6O11/c1-30-11-4-10(28)19(39-22-9(27)3-2-8(5-25)36-22)21(15(11)32)41-24-18(35)20(13(7-31)38-24)40-23-14(29)17(34)16(33)12(6-26)37-23/h2,9-24,30-35H,3-7,25-29H2,1H3/t9-,10+,11?,12+,13-,14-,15+,16+,17-,18-,19-,20-,21-,22-,23-,24+/m1/s1. The average molecular weight is 595 g/mol. The monoisotopic (exact) mass is 594 g/mol. The van der Waals surface area contributed by atoms with Crippen LogP contribution >= 0.6 is 0 Å². The largest absolute Gasteiger partial charge is 0.467 e. The van der Waals surface area contributed by atoms with Crippen LogP contribution in [0.25, 0.3) is 0 Å². The number of nitrogens with one attached hydrogen (secondary N) is 1. The topological polar surface area (TPSA) is 299 Å². The molecule has 1 unspecified atom stereocenters. The van der Waals surface area contributed by atoms with E-state index in [0.29, 0.717) is 18.6 Å². The van der Waals surface area contributed by atoms with Gasteiger partial charge in [-0.25, -0.2) is 0 Å². The van der Waals surface area contributed by atoms with Crippen molar-refractivity contribution in [1.29, 1.82) is 0 Å². The lowest BCUT2D eigenvalue weighted by atomic mass is 9.84. The molecule has 4 rings (SSSR count). The summed E-state index contributed by atoms with van der Waals surface area (Å²) in [5, 5.41) is 55.8. The first-order valence-corrected chi connectivity index (χ1v) is 13.8. The van der Waals surface area contributed by atoms with Crippen molar-refractivity contribution in [3.05, 3.63) is 11.8 Å². The Hall–Kier alpha value is -1.10. The summed E-state index contributed by atoms with van der Waals surface area (Å²) in [6.07, 6.45) is -11.9. The van der Waals surface area contributed by atoms with Crippen LogP contribution in [0, 0.1) is 0 Å². The summed E-state index contributed by atoms with van der Waals surface area (Å²) < 4.78 is 35.3. The molecule has 41 heavy (non-hydrogen) atoms. The Morgan fingerprint density at radius 1 is 0.829 bits per heavy atom. The molecular formula is C24H46N6O11. The lowest BCUT2D eigenvalue weighted by molar-refractivity contribution is -0.282. The molecule has 3 aliphatic heterocycles. The number of likely N-dealkylation sites (N-methyl/N-ethyl adjacent to an activating group) is 1. The van der Waals surface area contributed by atoms with Gasteiger partial charge in [-0.1, -0.05) is 0 Å². The molecule has 0 amide bonds. The third kappa shape index (κ3) is 6.86. The molecule has 16 atom stereocenters. The van der Waals surface area contributed by atoms with Crippen LogP contribution in [-0.4, -0.2) is 150 Å². The molecule has 3 heterocycles. The molecule has 0 spiro atoms. The van der Waals surface area contributed by atoms with Crippen LogP contribution in [0.4, 0.5) is 0 Å². The minimum Gasteiger partial charge on any atom is -0.467 e. The first-order chi connectivity index (χ1) is 19.5. The van der Waals surface area contributed by atoms with E-state index in [-0.39, 0.29) is 13.1 Å². The Morgan fingerprint density at radius 3 is 2.12 bits per heavy atom. The molecule has 4 aliphatic rings. The highest BCUT2D eigenvalue weighted by Gasteiger charge is 2.53. The number of ether oxygens (including phenoxy) is 6. The Kier molecular flexibility index (Phi) is 11.3. The number of rotatable bonds is 10. The average Bonchev–Trinajstić information content (AvgIpc) is 3.26. The Balaban J connectivity index is 1.50. The van der Waals surface area contributed by atoms with E-state index in [1.165, 1.54) is 0 Å². The molecule has 0 bridgehead atoms. The number of nitrogens with two attached hydrogens (primary N) is 5. The van der Waals surface area contributed by atoms with Crippen LogP contribution in [0.1, 0.15) is 12.8 Å². The van der Waals surface area contributed by atoms with Crippen LogP contribution in [0.3, 0.4) is 0 Å². The summed E-state index contributed by atoms with van der Waals surface area (Å²) in [4.78, 5) is 0. The summed E-state index contributed by atoms with van der Waals surface area (Å²) in [5.74, 6) is 0.505. The summed E-state index contributed by atoms with van der Waals surface area (Å²) in [5.41, 5.74) is 30.0. The third-order valence-corrected chi connectivity index (χ3v) is 8.15. The highest BCUT2D eigenvalue weighted by molar-refractivity contribution is 5.04. The van der Waals surface area contributed by atoms with E-state index in [2.05, 4.69) is 5.32 Å². The molecule has 0 aromatic rings. The van der Waals surface area contributed by atoms with Gasteiger partial charge in [0.15, 0.2) is 12.6 Å². The molecule has 1 saturated carbocycles. The molecule has 0 aromatic heterocycles. The predicted molar refractivity (Wildman–Crippen MR) is 140 cm³/mol. The normalized spacial score (nSPS) is 49.0. The van der Waals surface area contributed by atoms with E-state index < -0.39 is 105 Å². The molecule has 0 radical (unpaired) electrons. The highest BCUT2D eigenvalue weighted by atomic mass is 16.8. The first kappa shape index (κ1) is 32.8.